The van der Waals surface area contributed by atoms with E-state index in [-0.39, 0.29) is 5.75 Å². The number of nitrogens with zero attached hydrogens (tertiary/aromatic N) is 1. The molecule has 1 atom stereocenters. The van der Waals surface area contributed by atoms with Crippen molar-refractivity contribution in [1.29, 1.82) is 0 Å². The van der Waals surface area contributed by atoms with Crippen LogP contribution < -0.4 is 10.5 Å². The molecule has 1 saturated heterocycles. The van der Waals surface area contributed by atoms with Crippen molar-refractivity contribution in [2.24, 2.45) is 5.92 Å². The van der Waals surface area contributed by atoms with Gasteiger partial charge in [-0.25, -0.2) is 13.1 Å². The van der Waals surface area contributed by atoms with E-state index in [0.717, 1.165) is 31.6 Å². The Morgan fingerprint density at radius 3 is 2.65 bits per heavy atom. The Morgan fingerprint density at radius 2 is 2.05 bits per heavy atom. The number of nitrogens with two attached hydrogens (primary N) is 1. The molecule has 1 fully saturated rings. The van der Waals surface area contributed by atoms with Crippen molar-refractivity contribution in [1.82, 2.24) is 9.62 Å². The summed E-state index contributed by atoms with van der Waals surface area (Å²) in [5.74, 6) is 0.438. The highest BCUT2D eigenvalue weighted by atomic mass is 32.2. The predicted octanol–water partition coefficient (Wildman–Crippen LogP) is 1.03. The van der Waals surface area contributed by atoms with Gasteiger partial charge in [-0.15, -0.1) is 0 Å². The first-order valence-electron chi connectivity index (χ1n) is 7.02. The predicted molar refractivity (Wildman–Crippen MR) is 81.7 cm³/mol. The summed E-state index contributed by atoms with van der Waals surface area (Å²) in [6.07, 6.45) is 1.07. The third kappa shape index (κ3) is 4.47. The van der Waals surface area contributed by atoms with E-state index in [4.69, 9.17) is 5.73 Å². The number of hydrogen-bond donors (Lipinski definition) is 2. The summed E-state index contributed by atoms with van der Waals surface area (Å²) in [5, 5.41) is 0. The number of hydrogen-bond acceptors (Lipinski definition) is 4. The molecular weight excluding hydrogens is 274 g/mol. The average Bonchev–Trinajstić information content (AvgIpc) is 2.87. The van der Waals surface area contributed by atoms with Crippen LogP contribution in [0, 0.1) is 5.92 Å². The molecule has 1 aromatic carbocycles. The summed E-state index contributed by atoms with van der Waals surface area (Å²) in [6.45, 7) is 5.76. The molecule has 1 unspecified atom stereocenters. The minimum Gasteiger partial charge on any atom is -0.399 e. The Hall–Kier alpha value is -1.11. The number of nitrogen functional groups attached to an aromatic ring is 1. The van der Waals surface area contributed by atoms with Crippen LogP contribution in [0.25, 0.3) is 0 Å². The first kappa shape index (κ1) is 15.3. The van der Waals surface area contributed by atoms with Gasteiger partial charge in [0.05, 0.1) is 5.75 Å². The second kappa shape index (κ2) is 6.56. The van der Waals surface area contributed by atoms with Gasteiger partial charge < -0.3 is 10.6 Å². The second-order valence-corrected chi connectivity index (χ2v) is 7.20. The van der Waals surface area contributed by atoms with Crippen molar-refractivity contribution in [2.75, 3.05) is 31.9 Å². The fourth-order valence-corrected chi connectivity index (χ4v) is 3.72. The Kier molecular flexibility index (Phi) is 5.01. The minimum atomic E-state index is -3.27. The molecule has 20 heavy (non-hydrogen) atoms. The zero-order valence-corrected chi connectivity index (χ0v) is 12.7. The van der Waals surface area contributed by atoms with Gasteiger partial charge in [0.25, 0.3) is 0 Å². The molecule has 0 bridgehead atoms. The van der Waals surface area contributed by atoms with Crippen LogP contribution in [0.5, 0.6) is 0 Å². The standard InChI is InChI=1S/C14H23N3O2S/c1-2-17-8-7-13(10-17)9-16-20(18,19)11-12-3-5-14(15)6-4-12/h3-6,13,16H,2,7-11,15H2,1H3. The molecule has 112 valence electrons. The first-order valence-corrected chi connectivity index (χ1v) is 8.68. The maximum Gasteiger partial charge on any atom is 0.215 e. The van der Waals surface area contributed by atoms with E-state index >= 15 is 0 Å². The van der Waals surface area contributed by atoms with Crippen LogP contribution in [-0.2, 0) is 15.8 Å². The summed E-state index contributed by atoms with van der Waals surface area (Å²) in [5.41, 5.74) is 6.99. The number of rotatable bonds is 6. The molecule has 1 aliphatic rings. The third-order valence-corrected chi connectivity index (χ3v) is 5.07. The molecule has 0 aliphatic carbocycles. The number of likely N-dealkylation sites (tertiary alicyclic amines) is 1. The Morgan fingerprint density at radius 1 is 1.35 bits per heavy atom. The molecule has 0 amide bonds. The van der Waals surface area contributed by atoms with E-state index in [9.17, 15) is 8.42 Å². The van der Waals surface area contributed by atoms with E-state index in [1.165, 1.54) is 0 Å². The maximum atomic E-state index is 12.0. The van der Waals surface area contributed by atoms with Gasteiger partial charge in [0.15, 0.2) is 0 Å². The summed E-state index contributed by atoms with van der Waals surface area (Å²) in [4.78, 5) is 2.35. The van der Waals surface area contributed by atoms with Crippen molar-refractivity contribution in [3.8, 4) is 0 Å². The van der Waals surface area contributed by atoms with Crippen LogP contribution in [0.15, 0.2) is 24.3 Å². The van der Waals surface area contributed by atoms with Crippen LogP contribution in [0.2, 0.25) is 0 Å². The number of nitrogens with one attached hydrogen (secondary N) is 1. The topological polar surface area (TPSA) is 75.4 Å². The lowest BCUT2D eigenvalue weighted by molar-refractivity contribution is 0.342. The summed E-state index contributed by atoms with van der Waals surface area (Å²) < 4.78 is 26.8. The van der Waals surface area contributed by atoms with Gasteiger partial charge in [-0.3, -0.25) is 0 Å². The smallest absolute Gasteiger partial charge is 0.215 e. The fourth-order valence-electron chi connectivity index (χ4n) is 2.50. The Balaban J connectivity index is 1.83. The monoisotopic (exact) mass is 297 g/mol. The van der Waals surface area contributed by atoms with Crippen molar-refractivity contribution < 1.29 is 8.42 Å². The molecule has 2 rings (SSSR count). The van der Waals surface area contributed by atoms with Gasteiger partial charge in [-0.1, -0.05) is 19.1 Å². The summed E-state index contributed by atoms with van der Waals surface area (Å²) in [6, 6.07) is 6.95. The molecule has 6 heteroatoms. The molecule has 5 nitrogen and oxygen atoms in total. The maximum absolute atomic E-state index is 12.0. The van der Waals surface area contributed by atoms with Crippen LogP contribution in [0.3, 0.4) is 0 Å². The average molecular weight is 297 g/mol. The lowest BCUT2D eigenvalue weighted by atomic mass is 10.1. The third-order valence-electron chi connectivity index (χ3n) is 3.75. The number of benzene rings is 1. The molecule has 1 aromatic rings. The van der Waals surface area contributed by atoms with E-state index in [1.54, 1.807) is 24.3 Å². The molecule has 0 spiro atoms. The molecule has 0 saturated carbocycles. The Bertz CT molecular complexity index is 528. The van der Waals surface area contributed by atoms with E-state index in [0.29, 0.717) is 18.2 Å². The van der Waals surface area contributed by atoms with Crippen molar-refractivity contribution in [3.05, 3.63) is 29.8 Å². The van der Waals surface area contributed by atoms with Crippen molar-refractivity contribution >= 4 is 15.7 Å². The molecule has 0 aromatic heterocycles. The number of anilines is 1. The van der Waals surface area contributed by atoms with E-state index in [2.05, 4.69) is 16.5 Å². The largest absolute Gasteiger partial charge is 0.399 e. The van der Waals surface area contributed by atoms with Crippen LogP contribution >= 0.6 is 0 Å². The first-order chi connectivity index (χ1) is 9.48. The highest BCUT2D eigenvalue weighted by Gasteiger charge is 2.22. The van der Waals surface area contributed by atoms with Crippen LogP contribution in [0.1, 0.15) is 18.9 Å². The van der Waals surface area contributed by atoms with E-state index < -0.39 is 10.0 Å². The zero-order chi connectivity index (χ0) is 14.6. The van der Waals surface area contributed by atoms with Gasteiger partial charge in [-0.2, -0.15) is 0 Å². The molecule has 0 radical (unpaired) electrons. The van der Waals surface area contributed by atoms with Gasteiger partial charge in [-0.05, 0) is 43.1 Å². The summed E-state index contributed by atoms with van der Waals surface area (Å²) in [7, 11) is -3.27. The van der Waals surface area contributed by atoms with Gasteiger partial charge >= 0.3 is 0 Å². The molecule has 1 heterocycles. The normalized spacial score (nSPS) is 20.4. The highest BCUT2D eigenvalue weighted by Crippen LogP contribution is 2.15. The van der Waals surface area contributed by atoms with Gasteiger partial charge in [0, 0.05) is 18.8 Å². The minimum absolute atomic E-state index is 0.0114. The lowest BCUT2D eigenvalue weighted by Crippen LogP contribution is -2.31. The SMILES string of the molecule is CCN1CCC(CNS(=O)(=O)Cc2ccc(N)cc2)C1. The van der Waals surface area contributed by atoms with Crippen molar-refractivity contribution in [2.45, 2.75) is 19.1 Å². The second-order valence-electron chi connectivity index (χ2n) is 5.40. The fraction of sp³-hybridized carbons (Fsp3) is 0.571. The Labute approximate surface area is 121 Å². The lowest BCUT2D eigenvalue weighted by Gasteiger charge is -2.14. The van der Waals surface area contributed by atoms with Crippen molar-refractivity contribution in [3.63, 3.8) is 0 Å². The van der Waals surface area contributed by atoms with E-state index in [1.807, 2.05) is 0 Å². The number of sulfonamides is 1. The highest BCUT2D eigenvalue weighted by molar-refractivity contribution is 7.88. The molecule has 1 aliphatic heterocycles. The van der Waals surface area contributed by atoms with Crippen LogP contribution in [-0.4, -0.2) is 39.5 Å². The summed E-state index contributed by atoms with van der Waals surface area (Å²) >= 11 is 0. The molecular formula is C14H23N3O2S. The van der Waals surface area contributed by atoms with Crippen LogP contribution in [0.4, 0.5) is 5.69 Å². The van der Waals surface area contributed by atoms with Gasteiger partial charge in [0.2, 0.25) is 10.0 Å². The molecule has 3 N–H and O–H groups in total. The van der Waals surface area contributed by atoms with Gasteiger partial charge in [0.1, 0.15) is 0 Å². The quantitative estimate of drug-likeness (QED) is 0.769. The zero-order valence-electron chi connectivity index (χ0n) is 11.9.